The molecular formula is C96H74N4. The van der Waals surface area contributed by atoms with Crippen molar-refractivity contribution in [2.24, 2.45) is 0 Å². The quantitative estimate of drug-likeness (QED) is 0.152. The van der Waals surface area contributed by atoms with E-state index in [4.69, 9.17) is 0 Å². The summed E-state index contributed by atoms with van der Waals surface area (Å²) in [6, 6.07) is 116. The first-order valence-corrected chi connectivity index (χ1v) is 35.5. The molecule has 14 aromatic carbocycles. The minimum absolute atomic E-state index is 0.0814. The number of para-hydroxylation sites is 6. The molecule has 18 aromatic rings. The third-order valence-corrected chi connectivity index (χ3v) is 23.0. The smallest absolute Gasteiger partial charge is 0.0727 e. The van der Waals surface area contributed by atoms with Crippen LogP contribution in [-0.2, 0) is 21.7 Å². The van der Waals surface area contributed by atoms with E-state index in [1.54, 1.807) is 0 Å². The third kappa shape index (κ3) is 8.22. The standard InChI is InChI=1S/C96H74N4/c1-93(2,3)63-39-48-69-70-49-40-64(94(4,5)6)56-82(70)96(81(69)55-63)83-57-67(99-88-30-18-11-23-75(88)76-24-12-19-31-89(76)99)45-50-71(83)72-51-46-68(58-84(72)96)100-90-32-20-14-26-78(90)80-53-59(34-52-91(80)100)60-33-47-79-77-25-13-17-29-87(77)98(92(79)54-60)66-43-37-62(38-44-66)95(7,8)61-35-41-65(42-36-61)97-85-27-15-9-21-73(85)74-22-10-16-28-86(74)97/h9-58H,1-8H3. The van der Waals surface area contributed by atoms with Gasteiger partial charge in [0, 0.05) is 71.3 Å². The number of benzene rings is 14. The molecule has 20 rings (SSSR count). The Morgan fingerprint density at radius 2 is 0.490 bits per heavy atom. The van der Waals surface area contributed by atoms with Gasteiger partial charge in [0.05, 0.1) is 49.5 Å². The van der Waals surface area contributed by atoms with Gasteiger partial charge in [-0.05, 0) is 192 Å². The summed E-state index contributed by atoms with van der Waals surface area (Å²) in [7, 11) is 0. The molecular weight excluding hydrogens is 1210 g/mol. The predicted octanol–water partition coefficient (Wildman–Crippen LogP) is 25.0. The van der Waals surface area contributed by atoms with Crippen molar-refractivity contribution in [3.63, 3.8) is 0 Å². The van der Waals surface area contributed by atoms with Gasteiger partial charge in [0.25, 0.3) is 0 Å². The Bertz CT molecular complexity index is 6330. The average molecular weight is 1280 g/mol. The van der Waals surface area contributed by atoms with Crippen molar-refractivity contribution >= 4 is 87.2 Å². The molecule has 0 amide bonds. The highest BCUT2D eigenvalue weighted by molar-refractivity contribution is 6.14. The monoisotopic (exact) mass is 1280 g/mol. The van der Waals surface area contributed by atoms with Crippen LogP contribution in [0.1, 0.15) is 99.9 Å². The van der Waals surface area contributed by atoms with E-state index in [2.05, 4.69) is 377 Å². The van der Waals surface area contributed by atoms with E-state index in [0.29, 0.717) is 0 Å². The van der Waals surface area contributed by atoms with Crippen molar-refractivity contribution < 1.29 is 0 Å². The van der Waals surface area contributed by atoms with Gasteiger partial charge in [-0.1, -0.05) is 256 Å². The molecule has 2 aliphatic rings. The zero-order valence-corrected chi connectivity index (χ0v) is 57.7. The zero-order valence-electron chi connectivity index (χ0n) is 57.7. The van der Waals surface area contributed by atoms with Crippen LogP contribution in [-0.4, -0.2) is 18.3 Å². The molecule has 0 N–H and O–H groups in total. The molecule has 0 fully saturated rings. The van der Waals surface area contributed by atoms with Gasteiger partial charge in [0.15, 0.2) is 0 Å². The Kier molecular flexibility index (Phi) is 12.2. The van der Waals surface area contributed by atoms with Crippen LogP contribution in [0.15, 0.2) is 303 Å². The number of rotatable bonds is 7. The van der Waals surface area contributed by atoms with Gasteiger partial charge < -0.3 is 18.3 Å². The van der Waals surface area contributed by atoms with Crippen LogP contribution in [0, 0.1) is 0 Å². The highest BCUT2D eigenvalue weighted by Crippen LogP contribution is 2.64. The molecule has 0 aliphatic heterocycles. The van der Waals surface area contributed by atoms with Crippen molar-refractivity contribution in [2.75, 3.05) is 0 Å². The van der Waals surface area contributed by atoms with Crippen molar-refractivity contribution in [1.82, 2.24) is 18.3 Å². The van der Waals surface area contributed by atoms with Gasteiger partial charge in [-0.3, -0.25) is 0 Å². The summed E-state index contributed by atoms with van der Waals surface area (Å²) in [4.78, 5) is 0. The largest absolute Gasteiger partial charge is 0.309 e. The Balaban J connectivity index is 0.714. The number of nitrogens with zero attached hydrogens (tertiary/aromatic N) is 4. The van der Waals surface area contributed by atoms with Crippen LogP contribution in [0.3, 0.4) is 0 Å². The fraction of sp³-hybridized carbons (Fsp3) is 0.125. The van der Waals surface area contributed by atoms with Gasteiger partial charge >= 0.3 is 0 Å². The maximum atomic E-state index is 2.58. The molecule has 2 aliphatic carbocycles. The maximum Gasteiger partial charge on any atom is 0.0727 e. The first-order valence-electron chi connectivity index (χ1n) is 35.5. The van der Waals surface area contributed by atoms with E-state index in [1.807, 2.05) is 0 Å². The summed E-state index contributed by atoms with van der Waals surface area (Å²) in [5.74, 6) is 0. The first-order chi connectivity index (χ1) is 48.6. The molecule has 4 heterocycles. The van der Waals surface area contributed by atoms with Gasteiger partial charge in [-0.25, -0.2) is 0 Å². The van der Waals surface area contributed by atoms with Crippen LogP contribution in [0.25, 0.3) is 143 Å². The van der Waals surface area contributed by atoms with E-state index in [9.17, 15) is 0 Å². The second kappa shape index (κ2) is 20.9. The molecule has 4 aromatic heterocycles. The van der Waals surface area contributed by atoms with Crippen LogP contribution in [0.5, 0.6) is 0 Å². The highest BCUT2D eigenvalue weighted by atomic mass is 15.0. The molecule has 100 heavy (non-hydrogen) atoms. The van der Waals surface area contributed by atoms with E-state index >= 15 is 0 Å². The van der Waals surface area contributed by atoms with Crippen molar-refractivity contribution in [1.29, 1.82) is 0 Å². The lowest BCUT2D eigenvalue weighted by molar-refractivity contribution is 0.586. The third-order valence-electron chi connectivity index (χ3n) is 23.0. The van der Waals surface area contributed by atoms with E-state index in [0.717, 1.165) is 11.4 Å². The lowest BCUT2D eigenvalue weighted by Crippen LogP contribution is -2.27. The van der Waals surface area contributed by atoms with E-state index < -0.39 is 5.41 Å². The molecule has 1 spiro atoms. The lowest BCUT2D eigenvalue weighted by Gasteiger charge is -2.33. The molecule has 0 unspecified atom stereocenters. The van der Waals surface area contributed by atoms with E-state index in [-0.39, 0.29) is 16.2 Å². The number of fused-ring (bicyclic) bond motifs is 22. The van der Waals surface area contributed by atoms with Crippen LogP contribution < -0.4 is 0 Å². The average Bonchev–Trinajstić information content (AvgIpc) is 1.50. The number of aromatic nitrogens is 4. The fourth-order valence-corrected chi connectivity index (χ4v) is 17.9. The van der Waals surface area contributed by atoms with Crippen molar-refractivity contribution in [2.45, 2.75) is 77.0 Å². The number of hydrogen-bond acceptors (Lipinski definition) is 0. The normalized spacial score (nSPS) is 13.5. The maximum absolute atomic E-state index is 2.58. The molecule has 0 saturated heterocycles. The van der Waals surface area contributed by atoms with Crippen LogP contribution >= 0.6 is 0 Å². The van der Waals surface area contributed by atoms with Gasteiger partial charge in [0.1, 0.15) is 0 Å². The molecule has 4 nitrogen and oxygen atoms in total. The second-order valence-corrected chi connectivity index (χ2v) is 30.9. The second-order valence-electron chi connectivity index (χ2n) is 30.9. The predicted molar refractivity (Wildman–Crippen MR) is 422 cm³/mol. The summed E-state index contributed by atoms with van der Waals surface area (Å²) in [5, 5.41) is 10.0. The van der Waals surface area contributed by atoms with Crippen LogP contribution in [0.2, 0.25) is 0 Å². The SMILES string of the molecule is CC(C)(C)c1ccc2c(c1)C1(c3cc(-n4c5ccccc5c5ccccc54)ccc3-c3ccc(-n4c5ccccc5c5cc(-c6ccc7c8ccccc8n(-c8ccc(C(C)(C)c9ccc(-n%10c%11ccccc%11c%11ccccc%11%10)cc9)cc8)c7c6)ccc54)cc31)c1cc(C(C)(C)C)ccc1-2. The summed E-state index contributed by atoms with van der Waals surface area (Å²) < 4.78 is 9.90. The first kappa shape index (κ1) is 58.4. The van der Waals surface area contributed by atoms with Crippen molar-refractivity contribution in [3.8, 4) is 56.1 Å². The molecule has 0 saturated carbocycles. The summed E-state index contributed by atoms with van der Waals surface area (Å²) in [5.41, 5.74) is 31.3. The Hall–Kier alpha value is -11.7. The Morgan fingerprint density at radius 3 is 0.880 bits per heavy atom. The Labute approximate surface area is 582 Å². The zero-order chi connectivity index (χ0) is 67.3. The lowest BCUT2D eigenvalue weighted by atomic mass is 9.68. The molecule has 0 bridgehead atoms. The van der Waals surface area contributed by atoms with Gasteiger partial charge in [0.2, 0.25) is 0 Å². The highest BCUT2D eigenvalue weighted by Gasteiger charge is 2.53. The van der Waals surface area contributed by atoms with Crippen molar-refractivity contribution in [3.05, 3.63) is 348 Å². The molecule has 0 radical (unpaired) electrons. The van der Waals surface area contributed by atoms with E-state index in [1.165, 1.54) is 176 Å². The minimum atomic E-state index is -0.641. The fourth-order valence-electron chi connectivity index (χ4n) is 17.9. The molecule has 478 valence electrons. The number of hydrogen-bond donors (Lipinski definition) is 0. The minimum Gasteiger partial charge on any atom is -0.309 e. The molecule has 0 atom stereocenters. The van der Waals surface area contributed by atoms with Crippen LogP contribution in [0.4, 0.5) is 0 Å². The molecule has 4 heteroatoms. The summed E-state index contributed by atoms with van der Waals surface area (Å²) in [6.45, 7) is 18.8. The van der Waals surface area contributed by atoms with Gasteiger partial charge in [-0.2, -0.15) is 0 Å². The summed E-state index contributed by atoms with van der Waals surface area (Å²) >= 11 is 0. The topological polar surface area (TPSA) is 19.7 Å². The Morgan fingerprint density at radius 1 is 0.210 bits per heavy atom. The summed E-state index contributed by atoms with van der Waals surface area (Å²) in [6.07, 6.45) is 0. The van der Waals surface area contributed by atoms with Gasteiger partial charge in [-0.15, -0.1) is 0 Å².